The fourth-order valence-electron chi connectivity index (χ4n) is 3.90. The number of nitrogens with zero attached hydrogens (tertiary/aromatic N) is 3. The summed E-state index contributed by atoms with van der Waals surface area (Å²) in [5.41, 5.74) is 1.72. The van der Waals surface area contributed by atoms with Gasteiger partial charge in [0.25, 0.3) is 0 Å². The van der Waals surface area contributed by atoms with Crippen molar-refractivity contribution in [1.82, 2.24) is 9.78 Å². The Hall–Kier alpha value is -2.89. The normalized spacial score (nSPS) is 19.2. The third kappa shape index (κ3) is 4.42. The smallest absolute Gasteiger partial charge is 0.341 e. The van der Waals surface area contributed by atoms with Gasteiger partial charge in [-0.1, -0.05) is 31.7 Å². The molecule has 0 spiro atoms. The molecule has 3 rings (SSSR count). The second kappa shape index (κ2) is 8.64. The molecule has 0 aliphatic heterocycles. The molecule has 1 saturated carbocycles. The maximum Gasteiger partial charge on any atom is 0.341 e. The highest BCUT2D eigenvalue weighted by molar-refractivity contribution is 6.01. The molecule has 1 amide bonds. The van der Waals surface area contributed by atoms with E-state index in [0.717, 1.165) is 36.9 Å². The number of hydrogen-bond acceptors (Lipinski definition) is 3. The van der Waals surface area contributed by atoms with Gasteiger partial charge in [-0.25, -0.2) is 9.48 Å². The summed E-state index contributed by atoms with van der Waals surface area (Å²) in [6, 6.07) is 7.29. The first kappa shape index (κ1) is 20.8. The van der Waals surface area contributed by atoms with Crippen LogP contribution in [-0.2, 0) is 4.79 Å². The first-order valence-corrected chi connectivity index (χ1v) is 10.2. The quantitative estimate of drug-likeness (QED) is 0.764. The van der Waals surface area contributed by atoms with E-state index in [1.165, 1.54) is 10.9 Å². The summed E-state index contributed by atoms with van der Waals surface area (Å²) in [6.07, 6.45) is 6.96. The molecular formula is C23H29N3O3. The third-order valence-corrected chi connectivity index (χ3v) is 5.67. The van der Waals surface area contributed by atoms with Crippen molar-refractivity contribution in [2.75, 3.05) is 4.90 Å². The summed E-state index contributed by atoms with van der Waals surface area (Å²) in [5, 5.41) is 14.3. The summed E-state index contributed by atoms with van der Waals surface area (Å²) in [6.45, 7) is 9.74. The van der Waals surface area contributed by atoms with Crippen molar-refractivity contribution >= 4 is 23.8 Å². The lowest BCUT2D eigenvalue weighted by atomic mass is 9.82. The molecule has 1 aromatic carbocycles. The lowest BCUT2D eigenvalue weighted by Crippen LogP contribution is -2.43. The minimum atomic E-state index is -1.09. The van der Waals surface area contributed by atoms with Crippen molar-refractivity contribution in [3.05, 3.63) is 48.2 Å². The number of aromatic nitrogens is 2. The van der Waals surface area contributed by atoms with Gasteiger partial charge in [-0.15, -0.1) is 5.10 Å². The second-order valence-electron chi connectivity index (χ2n) is 8.17. The molecule has 1 fully saturated rings. The highest BCUT2D eigenvalue weighted by Gasteiger charge is 2.34. The van der Waals surface area contributed by atoms with E-state index in [4.69, 9.17) is 0 Å². The molecule has 1 aliphatic rings. The molecule has 1 aromatic heterocycles. The summed E-state index contributed by atoms with van der Waals surface area (Å²) in [4.78, 5) is 26.8. The Morgan fingerprint density at radius 2 is 1.83 bits per heavy atom. The lowest BCUT2D eigenvalue weighted by Gasteiger charge is -2.32. The number of carbonyl (C=O) groups is 2. The molecule has 29 heavy (non-hydrogen) atoms. The van der Waals surface area contributed by atoms with Crippen molar-refractivity contribution < 1.29 is 14.7 Å². The van der Waals surface area contributed by atoms with Gasteiger partial charge in [0.1, 0.15) is 5.56 Å². The van der Waals surface area contributed by atoms with Crippen molar-refractivity contribution in [2.24, 2.45) is 11.8 Å². The van der Waals surface area contributed by atoms with E-state index in [1.807, 2.05) is 38.1 Å². The zero-order valence-corrected chi connectivity index (χ0v) is 17.3. The number of anilines is 1. The van der Waals surface area contributed by atoms with E-state index < -0.39 is 5.97 Å². The van der Waals surface area contributed by atoms with Crippen LogP contribution in [0, 0.1) is 11.8 Å². The molecular weight excluding hydrogens is 366 g/mol. The molecule has 1 aliphatic carbocycles. The van der Waals surface area contributed by atoms with Crippen LogP contribution in [-0.4, -0.2) is 32.8 Å². The molecule has 0 radical (unpaired) electrons. The summed E-state index contributed by atoms with van der Waals surface area (Å²) < 4.78 is 1.53. The summed E-state index contributed by atoms with van der Waals surface area (Å²) in [5.74, 6) is -0.346. The van der Waals surface area contributed by atoms with Crippen LogP contribution in [0.15, 0.2) is 37.0 Å². The lowest BCUT2D eigenvalue weighted by molar-refractivity contribution is -0.123. The van der Waals surface area contributed by atoms with Crippen LogP contribution in [0.1, 0.15) is 62.4 Å². The van der Waals surface area contributed by atoms with E-state index in [1.54, 1.807) is 11.0 Å². The number of carboxylic acid groups (broad SMARTS) is 1. The van der Waals surface area contributed by atoms with E-state index >= 15 is 0 Å². The fourth-order valence-corrected chi connectivity index (χ4v) is 3.90. The number of amides is 1. The number of rotatable bonds is 6. The summed E-state index contributed by atoms with van der Waals surface area (Å²) >= 11 is 0. The van der Waals surface area contributed by atoms with E-state index in [-0.39, 0.29) is 29.2 Å². The average Bonchev–Trinajstić information content (AvgIpc) is 3.13. The van der Waals surface area contributed by atoms with Crippen LogP contribution in [0.3, 0.4) is 0 Å². The number of carboxylic acids is 1. The maximum atomic E-state index is 13.3. The van der Waals surface area contributed by atoms with Crippen molar-refractivity contribution in [1.29, 1.82) is 0 Å². The molecule has 6 heteroatoms. The number of hydrogen-bond donors (Lipinski definition) is 1. The topological polar surface area (TPSA) is 75.4 Å². The molecule has 0 saturated heterocycles. The van der Waals surface area contributed by atoms with Gasteiger partial charge in [-0.3, -0.25) is 9.69 Å². The van der Waals surface area contributed by atoms with Crippen molar-refractivity contribution in [3.63, 3.8) is 0 Å². The Labute approximate surface area is 171 Å². The van der Waals surface area contributed by atoms with Gasteiger partial charge in [0, 0.05) is 18.2 Å². The van der Waals surface area contributed by atoms with Crippen LogP contribution >= 0.6 is 0 Å². The minimum Gasteiger partial charge on any atom is -0.477 e. The molecule has 0 bridgehead atoms. The van der Waals surface area contributed by atoms with E-state index in [9.17, 15) is 14.7 Å². The monoisotopic (exact) mass is 395 g/mol. The van der Waals surface area contributed by atoms with Crippen LogP contribution < -0.4 is 4.90 Å². The summed E-state index contributed by atoms with van der Waals surface area (Å²) in [7, 11) is 0. The van der Waals surface area contributed by atoms with Gasteiger partial charge in [0.15, 0.2) is 5.82 Å². The van der Waals surface area contributed by atoms with Crippen LogP contribution in [0.5, 0.6) is 0 Å². The van der Waals surface area contributed by atoms with Crippen molar-refractivity contribution in [2.45, 2.75) is 52.5 Å². The standard InChI is InChI=1S/C23H29N3O3/c1-5-17-8-12-19(13-9-17)25-14-20(23(28)29)21(24-25)26(15(2)3)22(27)18-10-6-16(4)7-11-18/h5,8-9,12-16,18H,1,6-7,10-11H2,2-4H3,(H,28,29)/t16-,18-. The van der Waals surface area contributed by atoms with Gasteiger partial charge in [0.2, 0.25) is 5.91 Å². The fraction of sp³-hybridized carbons (Fsp3) is 0.435. The Morgan fingerprint density at radius 3 is 2.34 bits per heavy atom. The Kier molecular flexibility index (Phi) is 6.20. The van der Waals surface area contributed by atoms with E-state index in [0.29, 0.717) is 5.92 Å². The van der Waals surface area contributed by atoms with Crippen LogP contribution in [0.2, 0.25) is 0 Å². The Balaban J connectivity index is 1.98. The van der Waals surface area contributed by atoms with Crippen LogP contribution in [0.25, 0.3) is 11.8 Å². The molecule has 2 aromatic rings. The van der Waals surface area contributed by atoms with Gasteiger partial charge < -0.3 is 5.11 Å². The first-order valence-electron chi connectivity index (χ1n) is 10.2. The SMILES string of the molecule is C=Cc1ccc(-n2cc(C(=O)O)c(N(C(=O)[C@H]3CC[C@H](C)CC3)C(C)C)n2)cc1. The maximum absolute atomic E-state index is 13.3. The molecule has 1 N–H and O–H groups in total. The van der Waals surface area contributed by atoms with Crippen LogP contribution in [0.4, 0.5) is 5.82 Å². The predicted octanol–water partition coefficient (Wildman–Crippen LogP) is 4.78. The highest BCUT2D eigenvalue weighted by atomic mass is 16.4. The zero-order chi connectivity index (χ0) is 21.1. The Bertz CT molecular complexity index is 891. The number of aromatic carboxylic acids is 1. The minimum absolute atomic E-state index is 0.0262. The molecule has 0 atom stereocenters. The molecule has 6 nitrogen and oxygen atoms in total. The first-order chi connectivity index (χ1) is 13.8. The van der Waals surface area contributed by atoms with Gasteiger partial charge in [0.05, 0.1) is 5.69 Å². The zero-order valence-electron chi connectivity index (χ0n) is 17.3. The molecule has 154 valence electrons. The van der Waals surface area contributed by atoms with Gasteiger partial charge >= 0.3 is 5.97 Å². The predicted molar refractivity (Wildman–Crippen MR) is 114 cm³/mol. The Morgan fingerprint density at radius 1 is 1.21 bits per heavy atom. The van der Waals surface area contributed by atoms with E-state index in [2.05, 4.69) is 18.6 Å². The van der Waals surface area contributed by atoms with Crippen molar-refractivity contribution in [3.8, 4) is 5.69 Å². The average molecular weight is 396 g/mol. The van der Waals surface area contributed by atoms with Gasteiger partial charge in [-0.05, 0) is 63.1 Å². The number of benzene rings is 1. The molecule has 0 unspecified atom stereocenters. The second-order valence-corrected chi connectivity index (χ2v) is 8.17. The molecule has 1 heterocycles. The van der Waals surface area contributed by atoms with Gasteiger partial charge in [-0.2, -0.15) is 0 Å². The third-order valence-electron chi connectivity index (χ3n) is 5.67. The largest absolute Gasteiger partial charge is 0.477 e. The number of carbonyl (C=O) groups excluding carboxylic acids is 1. The highest BCUT2D eigenvalue weighted by Crippen LogP contribution is 2.32.